The zero-order chi connectivity index (χ0) is 19.9. The van der Waals surface area contributed by atoms with E-state index >= 15 is 0 Å². The number of carbonyl (C=O) groups excluding carboxylic acids is 1. The van der Waals surface area contributed by atoms with E-state index in [1.54, 1.807) is 18.5 Å². The number of rotatable bonds is 3. The maximum Gasteiger partial charge on any atom is 0.280 e. The van der Waals surface area contributed by atoms with Gasteiger partial charge in [-0.25, -0.2) is 4.39 Å². The number of halogens is 2. The third kappa shape index (κ3) is 3.81. The van der Waals surface area contributed by atoms with Crippen LogP contribution in [-0.4, -0.2) is 46.5 Å². The maximum absolute atomic E-state index is 13.3. The Bertz CT molecular complexity index is 995. The topological polar surface area (TPSA) is 109 Å². The lowest BCUT2D eigenvalue weighted by atomic mass is 10.1. The maximum atomic E-state index is 13.3. The molecule has 0 bridgehead atoms. The molecule has 0 spiro atoms. The van der Waals surface area contributed by atoms with Crippen molar-refractivity contribution in [2.45, 2.75) is 25.4 Å². The van der Waals surface area contributed by atoms with E-state index in [4.69, 9.17) is 11.6 Å². The predicted molar refractivity (Wildman–Crippen MR) is 96.7 cm³/mol. The van der Waals surface area contributed by atoms with Crippen LogP contribution in [0.4, 0.5) is 10.1 Å². The van der Waals surface area contributed by atoms with Crippen LogP contribution in [0.2, 0.25) is 5.02 Å². The van der Waals surface area contributed by atoms with Gasteiger partial charge in [-0.05, 0) is 31.5 Å². The summed E-state index contributed by atoms with van der Waals surface area (Å²) in [5.41, 5.74) is 0.266. The summed E-state index contributed by atoms with van der Waals surface area (Å²) in [6.45, 7) is 1.74. The van der Waals surface area contributed by atoms with Crippen molar-refractivity contribution in [3.05, 3.63) is 40.7 Å². The zero-order valence-corrected chi connectivity index (χ0v) is 16.3. The van der Waals surface area contributed by atoms with Crippen molar-refractivity contribution in [1.82, 2.24) is 23.8 Å². The molecule has 3 rings (SSSR count). The van der Waals surface area contributed by atoms with E-state index in [1.165, 1.54) is 19.2 Å². The highest BCUT2D eigenvalue weighted by Gasteiger charge is 2.42. The molecule has 2 heterocycles. The summed E-state index contributed by atoms with van der Waals surface area (Å²) in [4.78, 5) is 12.7. The van der Waals surface area contributed by atoms with Crippen LogP contribution < -0.4 is 10.0 Å². The normalized spacial score (nSPS) is 22.6. The van der Waals surface area contributed by atoms with E-state index < -0.39 is 34.0 Å². The van der Waals surface area contributed by atoms with Crippen molar-refractivity contribution < 1.29 is 17.6 Å². The van der Waals surface area contributed by atoms with E-state index in [2.05, 4.69) is 20.2 Å². The van der Waals surface area contributed by atoms with Crippen LogP contribution in [0.3, 0.4) is 0 Å². The third-order valence-corrected chi connectivity index (χ3v) is 6.38. The summed E-state index contributed by atoms with van der Waals surface area (Å²) in [6, 6.07) is 2.00. The Morgan fingerprint density at radius 3 is 2.67 bits per heavy atom. The van der Waals surface area contributed by atoms with Crippen LogP contribution in [0.15, 0.2) is 18.2 Å². The Morgan fingerprint density at radius 1 is 1.37 bits per heavy atom. The minimum Gasteiger partial charge on any atom is -0.325 e. The number of nitrogens with zero attached hydrogens (tertiary/aromatic N) is 4. The first-order valence-electron chi connectivity index (χ1n) is 7.97. The molecule has 1 aromatic carbocycles. The molecule has 2 atom stereocenters. The van der Waals surface area contributed by atoms with E-state index in [0.717, 1.165) is 10.4 Å². The van der Waals surface area contributed by atoms with Gasteiger partial charge in [-0.15, -0.1) is 10.2 Å². The minimum absolute atomic E-state index is 0.141. The van der Waals surface area contributed by atoms with Gasteiger partial charge in [0.2, 0.25) is 5.91 Å². The van der Waals surface area contributed by atoms with E-state index in [-0.39, 0.29) is 17.1 Å². The first kappa shape index (κ1) is 19.7. The van der Waals surface area contributed by atoms with Crippen LogP contribution in [0.25, 0.3) is 0 Å². The van der Waals surface area contributed by atoms with E-state index in [9.17, 15) is 17.6 Å². The van der Waals surface area contributed by atoms with Crippen LogP contribution in [-0.2, 0) is 22.1 Å². The molecule has 12 heteroatoms. The molecule has 1 fully saturated rings. The Balaban J connectivity index is 1.86. The smallest absolute Gasteiger partial charge is 0.280 e. The second-order valence-corrected chi connectivity index (χ2v) is 8.39. The van der Waals surface area contributed by atoms with Crippen LogP contribution >= 0.6 is 11.6 Å². The number of anilines is 1. The summed E-state index contributed by atoms with van der Waals surface area (Å²) < 4.78 is 43.3. The van der Waals surface area contributed by atoms with E-state index in [1.807, 2.05) is 0 Å². The molecule has 9 nitrogen and oxygen atoms in total. The molecule has 1 aromatic heterocycles. The first-order chi connectivity index (χ1) is 12.6. The fourth-order valence-electron chi connectivity index (χ4n) is 2.81. The number of aromatic nitrogens is 3. The summed E-state index contributed by atoms with van der Waals surface area (Å²) in [6.07, 6.45) is 0.141. The van der Waals surface area contributed by atoms with Crippen LogP contribution in [0, 0.1) is 12.7 Å². The van der Waals surface area contributed by atoms with Gasteiger partial charge < -0.3 is 9.88 Å². The molecule has 1 saturated heterocycles. The third-order valence-electron chi connectivity index (χ3n) is 4.50. The van der Waals surface area contributed by atoms with Gasteiger partial charge in [0.15, 0.2) is 5.82 Å². The largest absolute Gasteiger partial charge is 0.325 e. The Morgan fingerprint density at radius 2 is 2.07 bits per heavy atom. The van der Waals surface area contributed by atoms with E-state index in [0.29, 0.717) is 11.6 Å². The molecule has 2 unspecified atom stereocenters. The second-order valence-electron chi connectivity index (χ2n) is 6.23. The van der Waals surface area contributed by atoms with Gasteiger partial charge in [0.1, 0.15) is 17.7 Å². The Hall–Kier alpha value is -2.08. The van der Waals surface area contributed by atoms with Crippen LogP contribution in [0.5, 0.6) is 0 Å². The lowest BCUT2D eigenvalue weighted by molar-refractivity contribution is -0.120. The number of aryl methyl sites for hydroxylation is 1. The molecule has 2 aromatic rings. The standard InChI is InChI=1S/C15H18ClFN6O3S/c1-8-19-20-14(22(8)2)12-7-13(23(3)27(25,26)21-12)15(24)18-9-4-5-11(17)10(16)6-9/h4-6,12-13,21H,7H2,1-3H3,(H,18,24). The number of amides is 1. The summed E-state index contributed by atoms with van der Waals surface area (Å²) in [5, 5.41) is 10.4. The van der Waals surface area contributed by atoms with Gasteiger partial charge in [0.25, 0.3) is 10.2 Å². The lowest BCUT2D eigenvalue weighted by Crippen LogP contribution is -2.56. The van der Waals surface area contributed by atoms with Crippen LogP contribution in [0.1, 0.15) is 24.1 Å². The average molecular weight is 417 g/mol. The van der Waals surface area contributed by atoms with Crippen molar-refractivity contribution in [2.75, 3.05) is 12.4 Å². The molecule has 2 N–H and O–H groups in total. The lowest BCUT2D eigenvalue weighted by Gasteiger charge is -2.35. The fraction of sp³-hybridized carbons (Fsp3) is 0.400. The monoisotopic (exact) mass is 416 g/mol. The highest BCUT2D eigenvalue weighted by Crippen LogP contribution is 2.28. The number of likely N-dealkylation sites (N-methyl/N-ethyl adjacent to an activating group) is 1. The quantitative estimate of drug-likeness (QED) is 0.779. The molecule has 27 heavy (non-hydrogen) atoms. The highest BCUT2D eigenvalue weighted by molar-refractivity contribution is 7.87. The molecule has 1 amide bonds. The van der Waals surface area contributed by atoms with Gasteiger partial charge in [0, 0.05) is 19.8 Å². The number of nitrogens with one attached hydrogen (secondary N) is 2. The Kier molecular flexibility index (Phi) is 5.21. The summed E-state index contributed by atoms with van der Waals surface area (Å²) >= 11 is 5.72. The van der Waals surface area contributed by atoms with Gasteiger partial charge in [-0.3, -0.25) is 4.79 Å². The fourth-order valence-corrected chi connectivity index (χ4v) is 4.23. The number of hydrogen-bond donors (Lipinski definition) is 2. The molecule has 1 aliphatic heterocycles. The first-order valence-corrected chi connectivity index (χ1v) is 9.79. The SMILES string of the molecule is Cc1nnc(C2CC(C(=O)Nc3ccc(F)c(Cl)c3)N(C)S(=O)(=O)N2)n1C. The van der Waals surface area contributed by atoms with Gasteiger partial charge in [-0.2, -0.15) is 17.4 Å². The average Bonchev–Trinajstić information content (AvgIpc) is 2.92. The number of carbonyl (C=O) groups is 1. The number of hydrogen-bond acceptors (Lipinski definition) is 5. The van der Waals surface area contributed by atoms with Crippen molar-refractivity contribution in [3.8, 4) is 0 Å². The molecule has 0 aliphatic carbocycles. The zero-order valence-electron chi connectivity index (χ0n) is 14.8. The second kappa shape index (κ2) is 7.15. The molecule has 0 saturated carbocycles. The number of benzene rings is 1. The van der Waals surface area contributed by atoms with Gasteiger partial charge in [0.05, 0.1) is 11.1 Å². The molecule has 1 aliphatic rings. The molecule has 146 valence electrons. The van der Waals surface area contributed by atoms with Crippen molar-refractivity contribution in [1.29, 1.82) is 0 Å². The molecular weight excluding hydrogens is 399 g/mol. The molecular formula is C15H18ClFN6O3S. The van der Waals surface area contributed by atoms with Gasteiger partial charge >= 0.3 is 0 Å². The minimum atomic E-state index is -3.91. The van der Waals surface area contributed by atoms with Crippen molar-refractivity contribution >= 4 is 33.4 Å². The highest BCUT2D eigenvalue weighted by atomic mass is 35.5. The Labute approximate surface area is 160 Å². The predicted octanol–water partition coefficient (Wildman–Crippen LogP) is 1.13. The summed E-state index contributed by atoms with van der Waals surface area (Å²) in [7, 11) is -0.889. The van der Waals surface area contributed by atoms with Gasteiger partial charge in [-0.1, -0.05) is 11.6 Å². The van der Waals surface area contributed by atoms with Crippen molar-refractivity contribution in [3.63, 3.8) is 0 Å². The summed E-state index contributed by atoms with van der Waals surface area (Å²) in [5.74, 6) is -0.153. The molecule has 0 radical (unpaired) electrons. The van der Waals surface area contributed by atoms with Crippen molar-refractivity contribution in [2.24, 2.45) is 7.05 Å².